The average molecular weight is 447 g/mol. The number of carbonyl (C=O) groups excluding carboxylic acids is 2. The molecule has 0 aliphatic carbocycles. The van der Waals surface area contributed by atoms with Crippen LogP contribution in [0.4, 0.5) is 15.8 Å². The topological polar surface area (TPSA) is 126 Å². The minimum Gasteiger partial charge on any atom is -0.364 e. The van der Waals surface area contributed by atoms with Crippen molar-refractivity contribution in [3.63, 3.8) is 0 Å². The van der Waals surface area contributed by atoms with E-state index in [-0.39, 0.29) is 16.4 Å². The largest absolute Gasteiger partial charge is 0.364 e. The van der Waals surface area contributed by atoms with Gasteiger partial charge in [-0.15, -0.1) is 0 Å². The van der Waals surface area contributed by atoms with Gasteiger partial charge in [-0.1, -0.05) is 60.2 Å². The highest BCUT2D eigenvalue weighted by Crippen LogP contribution is 2.31. The van der Waals surface area contributed by atoms with Gasteiger partial charge in [0.1, 0.15) is 10.7 Å². The van der Waals surface area contributed by atoms with Crippen LogP contribution in [-0.2, 0) is 6.42 Å². The van der Waals surface area contributed by atoms with E-state index in [2.05, 4.69) is 32.7 Å². The lowest BCUT2D eigenvalue weighted by molar-refractivity contribution is 0.0997. The number of H-pyrrole nitrogens is 1. The van der Waals surface area contributed by atoms with Crippen LogP contribution in [0.1, 0.15) is 39.0 Å². The number of carbonyl (C=O) groups is 2. The number of nitrogens with two attached hydrogens (primary N) is 1. The lowest BCUT2D eigenvalue weighted by Crippen LogP contribution is -2.17. The number of hydrogen-bond donors (Lipinski definition) is 4. The molecule has 0 unspecified atom stereocenters. The second-order valence-electron chi connectivity index (χ2n) is 7.22. The second kappa shape index (κ2) is 9.03. The molecule has 2 amide bonds. The number of nitrogens with one attached hydrogen (secondary N) is 3. The number of nitrogens with zero attached hydrogens (tertiary/aromatic N) is 2. The Hall–Kier alpha value is -3.98. The molecule has 0 aliphatic rings. The molecule has 0 atom stereocenters. The molecule has 0 spiro atoms. The summed E-state index contributed by atoms with van der Waals surface area (Å²) in [5, 5.41) is 13.5. The van der Waals surface area contributed by atoms with Gasteiger partial charge < -0.3 is 16.4 Å². The van der Waals surface area contributed by atoms with Crippen LogP contribution >= 0.6 is 11.3 Å². The van der Waals surface area contributed by atoms with Crippen LogP contribution in [0.5, 0.6) is 0 Å². The third-order valence-electron chi connectivity index (χ3n) is 4.87. The predicted octanol–water partition coefficient (Wildman–Crippen LogP) is 4.50. The smallest absolute Gasteiger partial charge is 0.274 e. The quantitative estimate of drug-likeness (QED) is 0.333. The fourth-order valence-electron chi connectivity index (χ4n) is 3.05. The van der Waals surface area contributed by atoms with Crippen LogP contribution < -0.4 is 16.4 Å². The summed E-state index contributed by atoms with van der Waals surface area (Å²) in [6.45, 7) is 4.08. The maximum atomic E-state index is 12.8. The molecule has 9 heteroatoms. The van der Waals surface area contributed by atoms with Gasteiger partial charge in [0.25, 0.3) is 11.8 Å². The number of aromatic nitrogens is 3. The number of aryl methyl sites for hydroxylation is 2. The first-order chi connectivity index (χ1) is 15.4. The molecule has 0 fully saturated rings. The highest BCUT2D eigenvalue weighted by atomic mass is 32.1. The molecule has 8 nitrogen and oxygen atoms in total. The van der Waals surface area contributed by atoms with Crippen LogP contribution in [0.3, 0.4) is 0 Å². The summed E-state index contributed by atoms with van der Waals surface area (Å²) >= 11 is 1.13. The maximum Gasteiger partial charge on any atom is 0.274 e. The van der Waals surface area contributed by atoms with Crippen LogP contribution in [0.15, 0.2) is 54.6 Å². The highest BCUT2D eigenvalue weighted by molar-refractivity contribution is 7.20. The van der Waals surface area contributed by atoms with E-state index in [9.17, 15) is 9.59 Å². The van der Waals surface area contributed by atoms with Gasteiger partial charge >= 0.3 is 0 Å². The summed E-state index contributed by atoms with van der Waals surface area (Å²) in [4.78, 5) is 28.9. The molecule has 2 aromatic carbocycles. The van der Waals surface area contributed by atoms with E-state index in [4.69, 9.17) is 5.73 Å². The SMILES string of the molecule is CCc1ccc(-c2cc(C(=O)Nc3sc(Nc4ccc(C)cc4)nc3C(N)=O)[nH]n2)cc1. The number of anilines is 3. The Morgan fingerprint density at radius 3 is 2.47 bits per heavy atom. The molecule has 0 saturated heterocycles. The molecule has 5 N–H and O–H groups in total. The lowest BCUT2D eigenvalue weighted by atomic mass is 10.1. The average Bonchev–Trinajstić information content (AvgIpc) is 3.43. The van der Waals surface area contributed by atoms with E-state index in [1.165, 1.54) is 5.56 Å². The van der Waals surface area contributed by atoms with Crippen molar-refractivity contribution in [3.8, 4) is 11.3 Å². The van der Waals surface area contributed by atoms with Crippen molar-refractivity contribution < 1.29 is 9.59 Å². The van der Waals surface area contributed by atoms with Crippen LogP contribution in [-0.4, -0.2) is 27.0 Å². The number of hydrogen-bond acceptors (Lipinski definition) is 6. The van der Waals surface area contributed by atoms with Crippen molar-refractivity contribution in [1.29, 1.82) is 0 Å². The molecule has 0 aliphatic heterocycles. The Balaban J connectivity index is 1.52. The van der Waals surface area contributed by atoms with Crippen molar-refractivity contribution in [2.75, 3.05) is 10.6 Å². The van der Waals surface area contributed by atoms with Crippen molar-refractivity contribution in [2.24, 2.45) is 5.73 Å². The number of thiazole rings is 1. The van der Waals surface area contributed by atoms with E-state index in [1.54, 1.807) is 6.07 Å². The Labute approximate surface area is 188 Å². The standard InChI is InChI=1S/C23H22N6O2S/c1-3-14-6-8-15(9-7-14)17-12-18(29-28-17)21(31)27-22-19(20(24)30)26-23(32-22)25-16-10-4-13(2)5-11-16/h4-12H,3H2,1-2H3,(H2,24,30)(H,25,26)(H,27,31)(H,28,29). The normalized spacial score (nSPS) is 10.7. The zero-order chi connectivity index (χ0) is 22.7. The summed E-state index contributed by atoms with van der Waals surface area (Å²) in [5.41, 5.74) is 10.4. The van der Waals surface area contributed by atoms with E-state index in [1.807, 2.05) is 55.5 Å². The molecule has 4 aromatic rings. The van der Waals surface area contributed by atoms with Crippen LogP contribution in [0.2, 0.25) is 0 Å². The number of benzene rings is 2. The van der Waals surface area contributed by atoms with Crippen molar-refractivity contribution in [2.45, 2.75) is 20.3 Å². The summed E-state index contributed by atoms with van der Waals surface area (Å²) in [5.74, 6) is -1.17. The van der Waals surface area contributed by atoms with E-state index >= 15 is 0 Å². The van der Waals surface area contributed by atoms with Crippen LogP contribution in [0, 0.1) is 6.92 Å². The minimum absolute atomic E-state index is 0.00662. The van der Waals surface area contributed by atoms with Gasteiger partial charge in [-0.2, -0.15) is 5.10 Å². The first kappa shape index (κ1) is 21.3. The molecule has 0 bridgehead atoms. The summed E-state index contributed by atoms with van der Waals surface area (Å²) < 4.78 is 0. The van der Waals surface area contributed by atoms with E-state index in [0.717, 1.165) is 34.6 Å². The molecule has 0 radical (unpaired) electrons. The number of amides is 2. The fourth-order valence-corrected chi connectivity index (χ4v) is 3.94. The van der Waals surface area contributed by atoms with Crippen molar-refractivity contribution in [1.82, 2.24) is 15.2 Å². The Morgan fingerprint density at radius 2 is 1.81 bits per heavy atom. The fraction of sp³-hybridized carbons (Fsp3) is 0.130. The van der Waals surface area contributed by atoms with Crippen LogP contribution in [0.25, 0.3) is 11.3 Å². The molecule has 162 valence electrons. The summed E-state index contributed by atoms with van der Waals surface area (Å²) in [7, 11) is 0. The first-order valence-corrected chi connectivity index (χ1v) is 10.8. The number of primary amides is 1. The summed E-state index contributed by atoms with van der Waals surface area (Å²) in [6.07, 6.45) is 0.951. The number of aromatic amines is 1. The minimum atomic E-state index is -0.727. The molecule has 32 heavy (non-hydrogen) atoms. The van der Waals surface area contributed by atoms with Gasteiger partial charge in [-0.3, -0.25) is 14.7 Å². The molecule has 2 heterocycles. The zero-order valence-electron chi connectivity index (χ0n) is 17.6. The van der Waals surface area contributed by atoms with Crippen molar-refractivity contribution >= 4 is 39.0 Å². The molecular formula is C23H22N6O2S. The summed E-state index contributed by atoms with van der Waals surface area (Å²) in [6, 6.07) is 17.4. The van der Waals surface area contributed by atoms with Gasteiger partial charge in [0, 0.05) is 11.3 Å². The predicted molar refractivity (Wildman–Crippen MR) is 126 cm³/mol. The maximum absolute atomic E-state index is 12.8. The van der Waals surface area contributed by atoms with Gasteiger partial charge in [0.05, 0.1) is 5.69 Å². The van der Waals surface area contributed by atoms with Gasteiger partial charge in [-0.25, -0.2) is 4.98 Å². The highest BCUT2D eigenvalue weighted by Gasteiger charge is 2.20. The Kier molecular flexibility index (Phi) is 6.00. The molecular weight excluding hydrogens is 424 g/mol. The van der Waals surface area contributed by atoms with Gasteiger partial charge in [0.2, 0.25) is 0 Å². The van der Waals surface area contributed by atoms with Gasteiger partial charge in [-0.05, 0) is 37.1 Å². The first-order valence-electron chi connectivity index (χ1n) is 10.0. The second-order valence-corrected chi connectivity index (χ2v) is 8.22. The zero-order valence-corrected chi connectivity index (χ0v) is 18.4. The molecule has 0 saturated carbocycles. The van der Waals surface area contributed by atoms with E-state index in [0.29, 0.717) is 10.8 Å². The lowest BCUT2D eigenvalue weighted by Gasteiger charge is -2.02. The third kappa shape index (κ3) is 4.68. The Bertz CT molecular complexity index is 1260. The van der Waals surface area contributed by atoms with Gasteiger partial charge in [0.15, 0.2) is 10.8 Å². The molecule has 4 rings (SSSR count). The number of rotatable bonds is 7. The Morgan fingerprint density at radius 1 is 1.09 bits per heavy atom. The monoisotopic (exact) mass is 446 g/mol. The molecule has 2 aromatic heterocycles. The third-order valence-corrected chi connectivity index (χ3v) is 5.76. The van der Waals surface area contributed by atoms with E-state index < -0.39 is 11.8 Å². The van der Waals surface area contributed by atoms with Crippen molar-refractivity contribution in [3.05, 3.63) is 77.1 Å².